The predicted molar refractivity (Wildman–Crippen MR) is 133 cm³/mol. The van der Waals surface area contributed by atoms with Crippen molar-refractivity contribution in [3.8, 4) is 0 Å². The molecule has 0 bridgehead atoms. The fourth-order valence-corrected chi connectivity index (χ4v) is 3.91. The maximum Gasteiger partial charge on any atom is 0.261 e. The molecule has 0 radical (unpaired) electrons. The molecule has 0 saturated heterocycles. The Bertz CT molecular complexity index is 1310. The number of rotatable bonds is 11. The smallest absolute Gasteiger partial charge is 0.261 e. The quantitative estimate of drug-likeness (QED) is 0.229. The van der Waals surface area contributed by atoms with E-state index in [2.05, 4.69) is 41.4 Å². The first-order valence-electron chi connectivity index (χ1n) is 11.0. The van der Waals surface area contributed by atoms with Gasteiger partial charge >= 0.3 is 0 Å². The summed E-state index contributed by atoms with van der Waals surface area (Å²) >= 11 is 1.19. The van der Waals surface area contributed by atoms with Crippen LogP contribution in [0.15, 0.2) is 52.2 Å². The molecule has 0 aliphatic heterocycles. The van der Waals surface area contributed by atoms with Gasteiger partial charge in [-0.15, -0.1) is 10.2 Å². The van der Waals surface area contributed by atoms with E-state index in [9.17, 15) is 9.59 Å². The van der Waals surface area contributed by atoms with E-state index >= 15 is 0 Å². The van der Waals surface area contributed by atoms with Gasteiger partial charge in [0.05, 0.1) is 29.8 Å². The highest BCUT2D eigenvalue weighted by atomic mass is 32.2. The van der Waals surface area contributed by atoms with Crippen LogP contribution < -0.4 is 21.3 Å². The lowest BCUT2D eigenvalue weighted by Crippen LogP contribution is -2.25. The molecule has 0 fully saturated rings. The Kier molecular flexibility index (Phi) is 7.77. The van der Waals surface area contributed by atoms with E-state index in [4.69, 9.17) is 4.42 Å². The minimum atomic E-state index is -0.322. The van der Waals surface area contributed by atoms with Gasteiger partial charge in [0.2, 0.25) is 17.8 Å². The molecular formula is C22H25N9O3S. The first-order valence-corrected chi connectivity index (χ1v) is 12.0. The molecule has 12 nitrogen and oxygen atoms in total. The Morgan fingerprint density at radius 3 is 2.63 bits per heavy atom. The molecule has 4 N–H and O–H groups in total. The number of nitrogens with one attached hydrogen (secondary N) is 4. The summed E-state index contributed by atoms with van der Waals surface area (Å²) in [5.74, 6) is 1.40. The lowest BCUT2D eigenvalue weighted by Gasteiger charge is -2.11. The molecule has 4 aromatic rings. The minimum Gasteiger partial charge on any atom is -0.467 e. The van der Waals surface area contributed by atoms with Crippen molar-refractivity contribution in [2.75, 3.05) is 34.8 Å². The number of aromatic nitrogens is 5. The van der Waals surface area contributed by atoms with Crippen LogP contribution in [0.1, 0.15) is 30.0 Å². The van der Waals surface area contributed by atoms with Gasteiger partial charge in [-0.3, -0.25) is 9.59 Å². The lowest BCUT2D eigenvalue weighted by atomic mass is 10.1. The summed E-state index contributed by atoms with van der Waals surface area (Å²) in [6.45, 7) is 5.45. The topological polar surface area (TPSA) is 151 Å². The predicted octanol–water partition coefficient (Wildman–Crippen LogP) is 2.64. The van der Waals surface area contributed by atoms with Crippen molar-refractivity contribution < 1.29 is 14.0 Å². The number of hydrogen-bond acceptors (Lipinski definition) is 10. The Morgan fingerprint density at radius 1 is 1.03 bits per heavy atom. The summed E-state index contributed by atoms with van der Waals surface area (Å²) in [6, 6.07) is 10.3. The number of amides is 2. The van der Waals surface area contributed by atoms with E-state index in [0.717, 1.165) is 0 Å². The molecule has 3 aromatic heterocycles. The fraction of sp³-hybridized carbons (Fsp3) is 0.273. The van der Waals surface area contributed by atoms with Crippen LogP contribution in [0.25, 0.3) is 5.78 Å². The first kappa shape index (κ1) is 24.0. The highest BCUT2D eigenvalue weighted by molar-refractivity contribution is 7.99. The molecule has 1 aromatic carbocycles. The van der Waals surface area contributed by atoms with Crippen molar-refractivity contribution in [1.82, 2.24) is 29.9 Å². The van der Waals surface area contributed by atoms with E-state index in [1.807, 2.05) is 13.8 Å². The number of thioether (sulfide) groups is 1. The molecule has 0 atom stereocenters. The number of carbonyl (C=O) groups excluding carboxylic acids is 2. The maximum atomic E-state index is 12.7. The van der Waals surface area contributed by atoms with E-state index in [1.165, 1.54) is 11.8 Å². The van der Waals surface area contributed by atoms with Gasteiger partial charge in [-0.25, -0.2) is 4.40 Å². The molecule has 13 heteroatoms. The van der Waals surface area contributed by atoms with Gasteiger partial charge in [0.1, 0.15) is 5.76 Å². The van der Waals surface area contributed by atoms with Gasteiger partial charge in [0.25, 0.3) is 11.7 Å². The van der Waals surface area contributed by atoms with Crippen LogP contribution in [0.4, 0.5) is 17.6 Å². The largest absolute Gasteiger partial charge is 0.467 e. The van der Waals surface area contributed by atoms with Gasteiger partial charge in [-0.05, 0) is 38.1 Å². The third-order valence-corrected chi connectivity index (χ3v) is 5.63. The molecule has 2 amide bonds. The fourth-order valence-electron chi connectivity index (χ4n) is 3.18. The number of benzene rings is 1. The molecule has 3 heterocycles. The number of carbonyl (C=O) groups is 2. The summed E-state index contributed by atoms with van der Waals surface area (Å²) in [6.07, 6.45) is 1.54. The van der Waals surface area contributed by atoms with Gasteiger partial charge in [0, 0.05) is 13.1 Å². The number of furan rings is 1. The number of hydrogen-bond donors (Lipinski definition) is 4. The van der Waals surface area contributed by atoms with Crippen molar-refractivity contribution in [3.63, 3.8) is 0 Å². The van der Waals surface area contributed by atoms with Crippen molar-refractivity contribution in [2.24, 2.45) is 0 Å². The normalized spacial score (nSPS) is 10.8. The van der Waals surface area contributed by atoms with Crippen LogP contribution in [0, 0.1) is 0 Å². The first-order chi connectivity index (χ1) is 17.1. The Hall–Kier alpha value is -4.13. The van der Waals surface area contributed by atoms with E-state index < -0.39 is 0 Å². The molecule has 0 saturated carbocycles. The van der Waals surface area contributed by atoms with Crippen molar-refractivity contribution in [2.45, 2.75) is 25.5 Å². The zero-order valence-electron chi connectivity index (χ0n) is 19.2. The number of nitrogens with zero attached hydrogens (tertiary/aromatic N) is 5. The molecule has 0 aliphatic carbocycles. The molecule has 4 rings (SSSR count). The second-order valence-electron chi connectivity index (χ2n) is 7.19. The third kappa shape index (κ3) is 5.87. The second kappa shape index (κ2) is 11.3. The van der Waals surface area contributed by atoms with Gasteiger partial charge in [-0.2, -0.15) is 9.97 Å². The van der Waals surface area contributed by atoms with Crippen LogP contribution in [0.3, 0.4) is 0 Å². The van der Waals surface area contributed by atoms with E-state index in [0.29, 0.717) is 52.9 Å². The highest BCUT2D eigenvalue weighted by Crippen LogP contribution is 2.22. The van der Waals surface area contributed by atoms with E-state index in [1.54, 1.807) is 47.1 Å². The molecule has 35 heavy (non-hydrogen) atoms. The van der Waals surface area contributed by atoms with Crippen molar-refractivity contribution >= 4 is 46.9 Å². The summed E-state index contributed by atoms with van der Waals surface area (Å²) < 4.78 is 6.90. The minimum absolute atomic E-state index is 0.0453. The standard InChI is InChI=1S/C22H25N9O3S/c1-3-23-19-27-20(24-4-2)31-21(28-19)29-30-22(31)35-13-17(32)26-16-10-6-5-9-15(16)18(33)25-12-14-8-7-11-34-14/h5-11H,3-4,12-13H2,1-2H3,(H,25,33)(H,26,32)(H2,23,24,27,28,29). The van der Waals surface area contributed by atoms with Crippen LogP contribution in [0.5, 0.6) is 0 Å². The molecular weight excluding hydrogens is 470 g/mol. The summed E-state index contributed by atoms with van der Waals surface area (Å²) in [5, 5.41) is 20.6. The Labute approximate surface area is 205 Å². The monoisotopic (exact) mass is 495 g/mol. The maximum absolute atomic E-state index is 12.7. The van der Waals surface area contributed by atoms with Gasteiger partial charge < -0.3 is 25.7 Å². The SMILES string of the molecule is CCNc1nc(NCC)n2c(SCC(=O)Nc3ccccc3C(=O)NCc3ccco3)nnc2n1. The van der Waals surface area contributed by atoms with Gasteiger partial charge in [-0.1, -0.05) is 23.9 Å². The number of para-hydroxylation sites is 1. The lowest BCUT2D eigenvalue weighted by molar-refractivity contribution is -0.113. The van der Waals surface area contributed by atoms with Crippen molar-refractivity contribution in [1.29, 1.82) is 0 Å². The molecule has 0 aliphatic rings. The highest BCUT2D eigenvalue weighted by Gasteiger charge is 2.17. The van der Waals surface area contributed by atoms with Crippen LogP contribution >= 0.6 is 11.8 Å². The van der Waals surface area contributed by atoms with Crippen LogP contribution in [-0.4, -0.2) is 55.2 Å². The van der Waals surface area contributed by atoms with E-state index in [-0.39, 0.29) is 24.1 Å². The average molecular weight is 496 g/mol. The number of anilines is 3. The Morgan fingerprint density at radius 2 is 1.86 bits per heavy atom. The third-order valence-electron chi connectivity index (χ3n) is 4.70. The number of fused-ring (bicyclic) bond motifs is 1. The second-order valence-corrected chi connectivity index (χ2v) is 8.14. The zero-order valence-corrected chi connectivity index (χ0v) is 20.1. The van der Waals surface area contributed by atoms with Crippen LogP contribution in [0.2, 0.25) is 0 Å². The molecule has 0 spiro atoms. The van der Waals surface area contributed by atoms with Gasteiger partial charge in [0.15, 0.2) is 5.16 Å². The average Bonchev–Trinajstić information content (AvgIpc) is 3.52. The van der Waals surface area contributed by atoms with Crippen LogP contribution in [-0.2, 0) is 11.3 Å². The summed E-state index contributed by atoms with van der Waals surface area (Å²) in [5.41, 5.74) is 0.761. The summed E-state index contributed by atoms with van der Waals surface area (Å²) in [7, 11) is 0. The zero-order chi connectivity index (χ0) is 24.6. The Balaban J connectivity index is 1.43. The molecule has 182 valence electrons. The van der Waals surface area contributed by atoms with Crippen molar-refractivity contribution in [3.05, 3.63) is 54.0 Å². The molecule has 0 unspecified atom stereocenters. The summed E-state index contributed by atoms with van der Waals surface area (Å²) in [4.78, 5) is 34.2.